The number of para-hydroxylation sites is 1. The largest absolute Gasteiger partial charge is 0.399 e. The van der Waals surface area contributed by atoms with Crippen LogP contribution in [0.3, 0.4) is 0 Å². The van der Waals surface area contributed by atoms with E-state index in [9.17, 15) is 4.79 Å². The van der Waals surface area contributed by atoms with E-state index in [4.69, 9.17) is 16.5 Å². The van der Waals surface area contributed by atoms with Crippen molar-refractivity contribution in [3.63, 3.8) is 0 Å². The van der Waals surface area contributed by atoms with Gasteiger partial charge in [-0.3, -0.25) is 4.79 Å². The zero-order valence-electron chi connectivity index (χ0n) is 16.4. The number of hydrogen-bond acceptors (Lipinski definition) is 5. The normalized spacial score (nSPS) is 14.9. The minimum Gasteiger partial charge on any atom is -0.399 e. The Labute approximate surface area is 175 Å². The van der Waals surface area contributed by atoms with Crippen LogP contribution in [0, 0.1) is 0 Å². The molecule has 0 saturated carbocycles. The molecule has 4 rings (SSSR count). The van der Waals surface area contributed by atoms with Crippen molar-refractivity contribution in [2.45, 2.75) is 6.42 Å². The number of hydrogen-bond donors (Lipinski definition) is 3. The molecule has 0 heterocycles. The van der Waals surface area contributed by atoms with Crippen LogP contribution in [0.5, 0.6) is 0 Å². The molecule has 0 aliphatic heterocycles. The number of carbonyl (C=O) groups is 1. The molecule has 0 radical (unpaired) electrons. The second kappa shape index (κ2) is 8.49. The second-order valence-corrected chi connectivity index (χ2v) is 7.09. The summed E-state index contributed by atoms with van der Waals surface area (Å²) in [6.45, 7) is 0. The lowest BCUT2D eigenvalue weighted by Crippen LogP contribution is -2.19. The molecule has 0 bridgehead atoms. The first-order valence-corrected chi connectivity index (χ1v) is 9.64. The van der Waals surface area contributed by atoms with Crippen molar-refractivity contribution in [3.05, 3.63) is 108 Å². The first kappa shape index (κ1) is 19.2. The molecule has 1 aliphatic carbocycles. The Morgan fingerprint density at radius 1 is 0.767 bits per heavy atom. The molecule has 0 atom stereocenters. The number of aliphatic imine (C=N–C) groups is 1. The summed E-state index contributed by atoms with van der Waals surface area (Å²) in [5.41, 5.74) is 17.6. The Balaban J connectivity index is 1.68. The standard InChI is InChI=1S/C25H22N4O/c26-19-8-6-17(7-9-19)14-18-15-23(29-22-12-10-20(27)11-13-22)24(16-25(18)30)28-21-4-2-1-3-5-21/h1-13,15-16,28H,14,26-27H2. The van der Waals surface area contributed by atoms with E-state index >= 15 is 0 Å². The minimum absolute atomic E-state index is 0.0403. The molecule has 0 unspecified atom stereocenters. The maximum atomic E-state index is 12.8. The van der Waals surface area contributed by atoms with Gasteiger partial charge in [-0.15, -0.1) is 0 Å². The molecule has 1 aliphatic rings. The molecule has 3 aromatic carbocycles. The number of rotatable bonds is 5. The summed E-state index contributed by atoms with van der Waals surface area (Å²) in [5, 5.41) is 3.31. The lowest BCUT2D eigenvalue weighted by atomic mass is 9.94. The number of benzene rings is 3. The van der Waals surface area contributed by atoms with Gasteiger partial charge in [0.05, 0.1) is 17.1 Å². The third kappa shape index (κ3) is 4.64. The number of nitrogen functional groups attached to an aromatic ring is 2. The summed E-state index contributed by atoms with van der Waals surface area (Å²) in [6.07, 6.45) is 3.96. The van der Waals surface area contributed by atoms with Gasteiger partial charge in [-0.25, -0.2) is 4.99 Å². The molecular weight excluding hydrogens is 372 g/mol. The quantitative estimate of drug-likeness (QED) is 0.433. The van der Waals surface area contributed by atoms with Crippen molar-refractivity contribution in [1.82, 2.24) is 0 Å². The van der Waals surface area contributed by atoms with Crippen LogP contribution in [-0.2, 0) is 11.2 Å². The van der Waals surface area contributed by atoms with Gasteiger partial charge in [0.15, 0.2) is 5.78 Å². The molecule has 0 amide bonds. The number of nitrogens with two attached hydrogens (primary N) is 2. The van der Waals surface area contributed by atoms with Crippen LogP contribution in [0.4, 0.5) is 22.7 Å². The van der Waals surface area contributed by atoms with Gasteiger partial charge < -0.3 is 16.8 Å². The van der Waals surface area contributed by atoms with Crippen molar-refractivity contribution in [2.75, 3.05) is 16.8 Å². The van der Waals surface area contributed by atoms with Crippen molar-refractivity contribution in [3.8, 4) is 0 Å². The van der Waals surface area contributed by atoms with Gasteiger partial charge in [0.1, 0.15) is 0 Å². The SMILES string of the molecule is Nc1ccc(CC2=CC(=Nc3ccc(N)cc3)C(Nc3ccccc3)=CC2=O)cc1. The Hall–Kier alpha value is -4.12. The van der Waals surface area contributed by atoms with Crippen molar-refractivity contribution in [2.24, 2.45) is 4.99 Å². The van der Waals surface area contributed by atoms with Gasteiger partial charge in [-0.05, 0) is 60.2 Å². The fraction of sp³-hybridized carbons (Fsp3) is 0.0400. The minimum atomic E-state index is -0.0403. The van der Waals surface area contributed by atoms with Crippen LogP contribution in [0.15, 0.2) is 107 Å². The fourth-order valence-corrected chi connectivity index (χ4v) is 3.16. The Kier molecular flexibility index (Phi) is 5.44. The topological polar surface area (TPSA) is 93.5 Å². The van der Waals surface area contributed by atoms with Crippen LogP contribution in [0.25, 0.3) is 0 Å². The van der Waals surface area contributed by atoms with Crippen LogP contribution < -0.4 is 16.8 Å². The van der Waals surface area contributed by atoms with Gasteiger partial charge in [0, 0.05) is 35.1 Å². The first-order chi connectivity index (χ1) is 14.6. The van der Waals surface area contributed by atoms with Gasteiger partial charge in [-0.2, -0.15) is 0 Å². The van der Waals surface area contributed by atoms with E-state index < -0.39 is 0 Å². The maximum Gasteiger partial charge on any atom is 0.184 e. The molecule has 0 aromatic heterocycles. The monoisotopic (exact) mass is 394 g/mol. The van der Waals surface area contributed by atoms with Crippen molar-refractivity contribution < 1.29 is 4.79 Å². The average Bonchev–Trinajstić information content (AvgIpc) is 2.75. The Morgan fingerprint density at radius 3 is 2.07 bits per heavy atom. The average molecular weight is 394 g/mol. The smallest absolute Gasteiger partial charge is 0.184 e. The maximum absolute atomic E-state index is 12.8. The highest BCUT2D eigenvalue weighted by Gasteiger charge is 2.19. The molecular formula is C25H22N4O. The molecule has 5 nitrogen and oxygen atoms in total. The van der Waals surface area contributed by atoms with Gasteiger partial charge in [0.2, 0.25) is 0 Å². The van der Waals surface area contributed by atoms with Crippen LogP contribution in [-0.4, -0.2) is 11.5 Å². The van der Waals surface area contributed by atoms with E-state index in [0.29, 0.717) is 34.8 Å². The van der Waals surface area contributed by atoms with E-state index in [0.717, 1.165) is 16.9 Å². The molecule has 5 N–H and O–H groups in total. The Morgan fingerprint density at radius 2 is 1.40 bits per heavy atom. The van der Waals surface area contributed by atoms with Gasteiger partial charge in [-0.1, -0.05) is 30.3 Å². The molecule has 0 fully saturated rings. The van der Waals surface area contributed by atoms with E-state index in [-0.39, 0.29) is 5.78 Å². The number of allylic oxidation sites excluding steroid dienone is 3. The number of anilines is 3. The predicted octanol–water partition coefficient (Wildman–Crippen LogP) is 4.67. The van der Waals surface area contributed by atoms with E-state index in [2.05, 4.69) is 5.32 Å². The van der Waals surface area contributed by atoms with Crippen LogP contribution in [0.1, 0.15) is 5.56 Å². The second-order valence-electron chi connectivity index (χ2n) is 7.09. The number of nitrogens with zero attached hydrogens (tertiary/aromatic N) is 1. The first-order valence-electron chi connectivity index (χ1n) is 9.64. The van der Waals surface area contributed by atoms with Crippen molar-refractivity contribution >= 4 is 34.2 Å². The lowest BCUT2D eigenvalue weighted by molar-refractivity contribution is -0.111. The summed E-state index contributed by atoms with van der Waals surface area (Å²) >= 11 is 0. The van der Waals surface area contributed by atoms with E-state index in [1.807, 2.05) is 72.8 Å². The third-order valence-corrected chi connectivity index (χ3v) is 4.75. The predicted molar refractivity (Wildman–Crippen MR) is 124 cm³/mol. The third-order valence-electron chi connectivity index (χ3n) is 4.75. The number of ketones is 1. The molecule has 0 spiro atoms. The van der Waals surface area contributed by atoms with Crippen LogP contribution >= 0.6 is 0 Å². The number of carbonyl (C=O) groups excluding carboxylic acids is 1. The zero-order chi connectivity index (χ0) is 20.9. The van der Waals surface area contributed by atoms with E-state index in [1.165, 1.54) is 0 Å². The summed E-state index contributed by atoms with van der Waals surface area (Å²) in [6, 6.07) is 24.6. The summed E-state index contributed by atoms with van der Waals surface area (Å²) in [5.74, 6) is -0.0403. The fourth-order valence-electron chi connectivity index (χ4n) is 3.16. The zero-order valence-corrected chi connectivity index (χ0v) is 16.4. The summed E-state index contributed by atoms with van der Waals surface area (Å²) in [7, 11) is 0. The molecule has 148 valence electrons. The highest BCUT2D eigenvalue weighted by molar-refractivity contribution is 6.23. The molecule has 30 heavy (non-hydrogen) atoms. The summed E-state index contributed by atoms with van der Waals surface area (Å²) in [4.78, 5) is 17.6. The highest BCUT2D eigenvalue weighted by atomic mass is 16.1. The van der Waals surface area contributed by atoms with Crippen LogP contribution in [0.2, 0.25) is 0 Å². The van der Waals surface area contributed by atoms with Gasteiger partial charge >= 0.3 is 0 Å². The molecule has 0 saturated heterocycles. The van der Waals surface area contributed by atoms with E-state index in [1.54, 1.807) is 18.2 Å². The molecule has 3 aromatic rings. The Bertz CT molecular complexity index is 1140. The van der Waals surface area contributed by atoms with Gasteiger partial charge in [0.25, 0.3) is 0 Å². The molecule has 5 heteroatoms. The van der Waals surface area contributed by atoms with Crippen molar-refractivity contribution in [1.29, 1.82) is 0 Å². The lowest BCUT2D eigenvalue weighted by Gasteiger charge is -2.17. The highest BCUT2D eigenvalue weighted by Crippen LogP contribution is 2.23. The number of nitrogens with one attached hydrogen (secondary N) is 1. The summed E-state index contributed by atoms with van der Waals surface area (Å²) < 4.78 is 0.